The number of fused-ring (bicyclic) bond motifs is 1. The van der Waals surface area contributed by atoms with Crippen molar-refractivity contribution in [2.24, 2.45) is 0 Å². The summed E-state index contributed by atoms with van der Waals surface area (Å²) in [4.78, 5) is 0. The van der Waals surface area contributed by atoms with Crippen molar-refractivity contribution in [2.45, 2.75) is 26.2 Å². The van der Waals surface area contributed by atoms with Crippen molar-refractivity contribution in [1.29, 1.82) is 0 Å². The van der Waals surface area contributed by atoms with Gasteiger partial charge in [-0.25, -0.2) is 0 Å². The van der Waals surface area contributed by atoms with Crippen LogP contribution in [0.15, 0.2) is 36.4 Å². The molecule has 0 spiro atoms. The summed E-state index contributed by atoms with van der Waals surface area (Å²) in [5.74, 6) is 0. The van der Waals surface area contributed by atoms with E-state index in [-0.39, 0.29) is 5.41 Å². The third kappa shape index (κ3) is 2.00. The Morgan fingerprint density at radius 2 is 1.73 bits per heavy atom. The average molecular weight is 219 g/mol. The van der Waals surface area contributed by atoms with Crippen LogP contribution in [0.2, 0.25) is 5.02 Å². The van der Waals surface area contributed by atoms with Crippen LogP contribution in [0.4, 0.5) is 0 Å². The highest BCUT2D eigenvalue weighted by Gasteiger charge is 2.14. The highest BCUT2D eigenvalue weighted by atomic mass is 35.5. The van der Waals surface area contributed by atoms with Gasteiger partial charge in [0.15, 0.2) is 0 Å². The fourth-order valence-corrected chi connectivity index (χ4v) is 1.94. The molecule has 0 fully saturated rings. The highest BCUT2D eigenvalue weighted by Crippen LogP contribution is 2.29. The van der Waals surface area contributed by atoms with E-state index in [2.05, 4.69) is 45.0 Å². The van der Waals surface area contributed by atoms with E-state index in [0.29, 0.717) is 0 Å². The second-order valence-corrected chi connectivity index (χ2v) is 5.33. The lowest BCUT2D eigenvalue weighted by Crippen LogP contribution is -2.10. The Hall–Kier alpha value is -1.01. The summed E-state index contributed by atoms with van der Waals surface area (Å²) in [6, 6.07) is 12.5. The van der Waals surface area contributed by atoms with E-state index in [1.54, 1.807) is 0 Å². The van der Waals surface area contributed by atoms with Gasteiger partial charge < -0.3 is 0 Å². The summed E-state index contributed by atoms with van der Waals surface area (Å²) in [6.07, 6.45) is 0. The third-order valence-electron chi connectivity index (χ3n) is 2.69. The van der Waals surface area contributed by atoms with E-state index >= 15 is 0 Å². The van der Waals surface area contributed by atoms with E-state index < -0.39 is 0 Å². The highest BCUT2D eigenvalue weighted by molar-refractivity contribution is 6.35. The molecule has 0 aliphatic heterocycles. The Kier molecular flexibility index (Phi) is 2.47. The van der Waals surface area contributed by atoms with Crippen molar-refractivity contribution in [3.05, 3.63) is 47.0 Å². The van der Waals surface area contributed by atoms with Crippen LogP contribution in [0, 0.1) is 0 Å². The molecule has 0 aromatic heterocycles. The first-order chi connectivity index (χ1) is 6.98. The van der Waals surface area contributed by atoms with E-state index in [4.69, 9.17) is 11.6 Å². The van der Waals surface area contributed by atoms with Gasteiger partial charge in [-0.15, -0.1) is 0 Å². The molecule has 0 heterocycles. The van der Waals surface area contributed by atoms with Crippen LogP contribution in [0.1, 0.15) is 26.3 Å². The van der Waals surface area contributed by atoms with Crippen molar-refractivity contribution >= 4 is 22.4 Å². The largest absolute Gasteiger partial charge is 0.0837 e. The fraction of sp³-hybridized carbons (Fsp3) is 0.286. The first-order valence-corrected chi connectivity index (χ1v) is 5.55. The normalized spacial score (nSPS) is 12.0. The zero-order valence-corrected chi connectivity index (χ0v) is 10.1. The predicted octanol–water partition coefficient (Wildman–Crippen LogP) is 4.79. The molecule has 78 valence electrons. The van der Waals surface area contributed by atoms with E-state index in [1.807, 2.05) is 12.1 Å². The maximum atomic E-state index is 6.18. The molecular weight excluding hydrogens is 204 g/mol. The molecule has 2 aromatic carbocycles. The molecule has 0 aliphatic rings. The van der Waals surface area contributed by atoms with Crippen LogP contribution in [0.5, 0.6) is 0 Å². The topological polar surface area (TPSA) is 0 Å². The lowest BCUT2D eigenvalue weighted by Gasteiger charge is -2.19. The van der Waals surface area contributed by atoms with Crippen LogP contribution in [0.3, 0.4) is 0 Å². The fourth-order valence-electron chi connectivity index (χ4n) is 1.70. The summed E-state index contributed by atoms with van der Waals surface area (Å²) in [7, 11) is 0. The Morgan fingerprint density at radius 3 is 2.40 bits per heavy atom. The molecule has 0 aliphatic carbocycles. The monoisotopic (exact) mass is 218 g/mol. The van der Waals surface area contributed by atoms with Gasteiger partial charge in [-0.3, -0.25) is 0 Å². The molecule has 2 aromatic rings. The van der Waals surface area contributed by atoms with Crippen LogP contribution in [0.25, 0.3) is 10.8 Å². The first-order valence-electron chi connectivity index (χ1n) is 5.17. The van der Waals surface area contributed by atoms with Crippen molar-refractivity contribution in [1.82, 2.24) is 0 Å². The van der Waals surface area contributed by atoms with Crippen molar-refractivity contribution < 1.29 is 0 Å². The van der Waals surface area contributed by atoms with Crippen molar-refractivity contribution in [3.8, 4) is 0 Å². The van der Waals surface area contributed by atoms with E-state index in [1.165, 1.54) is 10.9 Å². The lowest BCUT2D eigenvalue weighted by atomic mass is 9.86. The third-order valence-corrected chi connectivity index (χ3v) is 3.02. The number of hydrogen-bond donors (Lipinski definition) is 0. The van der Waals surface area contributed by atoms with Gasteiger partial charge >= 0.3 is 0 Å². The number of rotatable bonds is 0. The molecule has 0 N–H and O–H groups in total. The second-order valence-electron chi connectivity index (χ2n) is 4.93. The molecule has 0 radical (unpaired) electrons. The molecule has 0 amide bonds. The molecule has 0 atom stereocenters. The second kappa shape index (κ2) is 3.53. The Bertz CT molecular complexity index is 492. The van der Waals surface area contributed by atoms with E-state index in [9.17, 15) is 0 Å². The van der Waals surface area contributed by atoms with Gasteiger partial charge in [-0.2, -0.15) is 0 Å². The Balaban J connectivity index is 2.70. The molecule has 15 heavy (non-hydrogen) atoms. The van der Waals surface area contributed by atoms with Gasteiger partial charge in [0.1, 0.15) is 0 Å². The van der Waals surface area contributed by atoms with Gasteiger partial charge in [0.2, 0.25) is 0 Å². The van der Waals surface area contributed by atoms with E-state index in [0.717, 1.165) is 10.4 Å². The number of benzene rings is 2. The first kappa shape index (κ1) is 10.5. The summed E-state index contributed by atoms with van der Waals surface area (Å²) < 4.78 is 0. The summed E-state index contributed by atoms with van der Waals surface area (Å²) in [5, 5.41) is 3.18. The predicted molar refractivity (Wildman–Crippen MR) is 67.7 cm³/mol. The minimum atomic E-state index is 0.174. The summed E-state index contributed by atoms with van der Waals surface area (Å²) in [5.41, 5.74) is 1.50. The van der Waals surface area contributed by atoms with Crippen LogP contribution >= 0.6 is 11.6 Å². The minimum Gasteiger partial charge on any atom is -0.0837 e. The van der Waals surface area contributed by atoms with Crippen LogP contribution in [-0.2, 0) is 5.41 Å². The van der Waals surface area contributed by atoms with Crippen molar-refractivity contribution in [2.75, 3.05) is 0 Å². The van der Waals surface area contributed by atoms with Gasteiger partial charge in [0, 0.05) is 10.4 Å². The number of halogens is 1. The molecule has 1 heteroatoms. The molecular formula is C14H15Cl. The van der Waals surface area contributed by atoms with Gasteiger partial charge in [0.25, 0.3) is 0 Å². The van der Waals surface area contributed by atoms with Gasteiger partial charge in [0.05, 0.1) is 0 Å². The average Bonchev–Trinajstić information content (AvgIpc) is 2.16. The van der Waals surface area contributed by atoms with Crippen LogP contribution < -0.4 is 0 Å². The zero-order chi connectivity index (χ0) is 11.1. The minimum absolute atomic E-state index is 0.174. The molecule has 0 bridgehead atoms. The summed E-state index contributed by atoms with van der Waals surface area (Å²) in [6.45, 7) is 6.64. The van der Waals surface area contributed by atoms with Gasteiger partial charge in [-0.1, -0.05) is 56.6 Å². The van der Waals surface area contributed by atoms with Crippen LogP contribution in [-0.4, -0.2) is 0 Å². The SMILES string of the molecule is CC(C)(C)c1ccc2cccc(Cl)c2c1. The quantitative estimate of drug-likeness (QED) is 0.597. The molecule has 0 saturated carbocycles. The molecule has 0 nitrogen and oxygen atoms in total. The Morgan fingerprint density at radius 1 is 1.00 bits per heavy atom. The maximum Gasteiger partial charge on any atom is 0.0484 e. The summed E-state index contributed by atoms with van der Waals surface area (Å²) >= 11 is 6.18. The smallest absolute Gasteiger partial charge is 0.0484 e. The molecule has 0 saturated heterocycles. The number of hydrogen-bond acceptors (Lipinski definition) is 0. The molecule has 0 unspecified atom stereocenters. The standard InChI is InChI=1S/C14H15Cl/c1-14(2,3)11-8-7-10-5-4-6-13(15)12(10)9-11/h4-9H,1-3H3. The maximum absolute atomic E-state index is 6.18. The van der Waals surface area contributed by atoms with Gasteiger partial charge in [-0.05, 0) is 28.5 Å². The molecule has 2 rings (SSSR count). The lowest BCUT2D eigenvalue weighted by molar-refractivity contribution is 0.591. The van der Waals surface area contributed by atoms with Crippen molar-refractivity contribution in [3.63, 3.8) is 0 Å². The zero-order valence-electron chi connectivity index (χ0n) is 9.34. The Labute approximate surface area is 95.9 Å².